The number of phenols is 1. The first-order valence-electron chi connectivity index (χ1n) is 7.32. The number of aliphatic imine (C=N–C) groups is 1. The molecule has 0 radical (unpaired) electrons. The lowest BCUT2D eigenvalue weighted by atomic mass is 10.2. The van der Waals surface area contributed by atoms with Crippen LogP contribution in [-0.4, -0.2) is 31.4 Å². The summed E-state index contributed by atoms with van der Waals surface area (Å²) in [7, 11) is -2.48. The number of aromatic hydroxyl groups is 1. The number of hydrogen-bond acceptors (Lipinski definition) is 9. The maximum absolute atomic E-state index is 11.6. The van der Waals surface area contributed by atoms with Crippen LogP contribution in [0.3, 0.4) is 0 Å². The second kappa shape index (κ2) is 7.97. The third kappa shape index (κ3) is 4.08. The van der Waals surface area contributed by atoms with Crippen LogP contribution in [0.25, 0.3) is 10.9 Å². The number of ether oxygens (including phenoxy) is 1. The lowest BCUT2D eigenvalue weighted by Crippen LogP contribution is -2.11. The number of halogens is 2. The summed E-state index contributed by atoms with van der Waals surface area (Å²) < 4.78 is 32.0. The number of rotatable bonds is 5. The van der Waals surface area contributed by atoms with E-state index >= 15 is 0 Å². The second-order valence-electron chi connectivity index (χ2n) is 5.27. The van der Waals surface area contributed by atoms with E-state index in [1.165, 1.54) is 31.4 Å². The van der Waals surface area contributed by atoms with Crippen LogP contribution in [0.5, 0.6) is 5.75 Å². The fraction of sp³-hybridized carbons (Fsp3) is 0.0667. The average molecular weight is 460 g/mol. The number of phenolic OH excluding ortho intramolecular Hbond substituents is 1. The van der Waals surface area contributed by atoms with Crippen LogP contribution < -0.4 is 5.14 Å². The molecule has 13 heteroatoms. The first kappa shape index (κ1) is 20.4. The SMILES string of the molecule is COC=Nc1cc(N=Nc2snc3ccc(S(N)(=O)=O)cc23)c(Cl)c(Cl)c1O. The Morgan fingerprint density at radius 3 is 2.64 bits per heavy atom. The average Bonchev–Trinajstić information content (AvgIpc) is 3.06. The van der Waals surface area contributed by atoms with Crippen LogP contribution in [0.2, 0.25) is 10.0 Å². The Labute approximate surface area is 173 Å². The van der Waals surface area contributed by atoms with Gasteiger partial charge in [0, 0.05) is 5.39 Å². The van der Waals surface area contributed by atoms with Gasteiger partial charge in [-0.1, -0.05) is 23.2 Å². The number of benzene rings is 2. The molecular weight excluding hydrogens is 449 g/mol. The lowest BCUT2D eigenvalue weighted by molar-refractivity contribution is 0.422. The van der Waals surface area contributed by atoms with Crippen molar-refractivity contribution in [2.75, 3.05) is 7.11 Å². The Kier molecular flexibility index (Phi) is 5.82. The fourth-order valence-corrected chi connectivity index (χ4v) is 3.73. The Morgan fingerprint density at radius 1 is 1.21 bits per heavy atom. The van der Waals surface area contributed by atoms with Crippen molar-refractivity contribution in [2.24, 2.45) is 20.4 Å². The summed E-state index contributed by atoms with van der Waals surface area (Å²) in [4.78, 5) is 3.82. The van der Waals surface area contributed by atoms with Crippen molar-refractivity contribution in [3.63, 3.8) is 0 Å². The second-order valence-corrected chi connectivity index (χ2v) is 8.34. The number of hydrogen-bond donors (Lipinski definition) is 2. The van der Waals surface area contributed by atoms with E-state index in [4.69, 9.17) is 33.1 Å². The smallest absolute Gasteiger partial charge is 0.238 e. The van der Waals surface area contributed by atoms with Gasteiger partial charge in [-0.25, -0.2) is 18.5 Å². The van der Waals surface area contributed by atoms with Crippen molar-refractivity contribution in [2.45, 2.75) is 4.90 Å². The number of sulfonamides is 1. The van der Waals surface area contributed by atoms with E-state index in [0.717, 1.165) is 17.9 Å². The summed E-state index contributed by atoms with van der Waals surface area (Å²) in [5.74, 6) is -0.333. The number of nitrogens with two attached hydrogens (primary N) is 1. The van der Waals surface area contributed by atoms with Gasteiger partial charge >= 0.3 is 0 Å². The van der Waals surface area contributed by atoms with Gasteiger partial charge in [-0.05, 0) is 35.8 Å². The van der Waals surface area contributed by atoms with E-state index in [-0.39, 0.29) is 32.1 Å². The normalized spacial score (nSPS) is 12.4. The molecule has 3 aromatic rings. The van der Waals surface area contributed by atoms with Crippen LogP contribution in [0, 0.1) is 0 Å². The summed E-state index contributed by atoms with van der Waals surface area (Å²) in [6, 6.07) is 5.60. The van der Waals surface area contributed by atoms with Crippen LogP contribution >= 0.6 is 34.7 Å². The van der Waals surface area contributed by atoms with Gasteiger partial charge in [-0.15, -0.1) is 10.2 Å². The summed E-state index contributed by atoms with van der Waals surface area (Å²) >= 11 is 13.1. The quantitative estimate of drug-likeness (QED) is 0.323. The molecule has 0 aliphatic carbocycles. The van der Waals surface area contributed by atoms with Gasteiger partial charge in [0.1, 0.15) is 16.4 Å². The highest BCUT2D eigenvalue weighted by Crippen LogP contribution is 2.45. The number of aromatic nitrogens is 1. The molecule has 0 aliphatic rings. The van der Waals surface area contributed by atoms with Crippen LogP contribution in [0.15, 0.2) is 44.4 Å². The maximum Gasteiger partial charge on any atom is 0.238 e. The minimum atomic E-state index is -3.88. The van der Waals surface area contributed by atoms with E-state index in [2.05, 4.69) is 19.6 Å². The Balaban J connectivity index is 2.07. The molecule has 0 unspecified atom stereocenters. The van der Waals surface area contributed by atoms with Crippen LogP contribution in [0.1, 0.15) is 0 Å². The van der Waals surface area contributed by atoms with Gasteiger partial charge in [0.25, 0.3) is 0 Å². The van der Waals surface area contributed by atoms with E-state index in [1.807, 2.05) is 0 Å². The molecule has 2 aromatic carbocycles. The summed E-state index contributed by atoms with van der Waals surface area (Å²) in [5.41, 5.74) is 0.749. The Bertz CT molecular complexity index is 1220. The van der Waals surface area contributed by atoms with Crippen molar-refractivity contribution in [1.29, 1.82) is 0 Å². The molecule has 0 spiro atoms. The number of primary sulfonamides is 1. The van der Waals surface area contributed by atoms with Crippen LogP contribution in [0.4, 0.5) is 16.4 Å². The highest BCUT2D eigenvalue weighted by Gasteiger charge is 2.16. The van der Waals surface area contributed by atoms with Crippen molar-refractivity contribution in [3.05, 3.63) is 34.3 Å². The molecule has 3 rings (SSSR count). The highest BCUT2D eigenvalue weighted by atomic mass is 35.5. The monoisotopic (exact) mass is 459 g/mol. The standard InChI is InChI=1S/C15H11Cl2N5O4S2/c1-26-6-19-11-5-10(12(16)13(17)14(11)23)20-21-15-8-4-7(28(18,24)25)2-3-9(8)22-27-15/h2-6,23H,1H3,(H2,18,24,25). The van der Waals surface area contributed by atoms with Gasteiger partial charge in [-0.2, -0.15) is 4.37 Å². The zero-order valence-corrected chi connectivity index (χ0v) is 17.1. The molecular formula is C15H11Cl2N5O4S2. The van der Waals surface area contributed by atoms with E-state index in [9.17, 15) is 13.5 Å². The molecule has 0 saturated carbocycles. The zero-order chi connectivity index (χ0) is 20.5. The van der Waals surface area contributed by atoms with Crippen LogP contribution in [-0.2, 0) is 14.8 Å². The first-order chi connectivity index (χ1) is 13.2. The Hall–Kier alpha value is -2.31. The zero-order valence-electron chi connectivity index (χ0n) is 14.0. The molecule has 1 heterocycles. The molecule has 28 heavy (non-hydrogen) atoms. The van der Waals surface area contributed by atoms with Gasteiger partial charge in [0.2, 0.25) is 10.0 Å². The molecule has 3 N–H and O–H groups in total. The summed E-state index contributed by atoms with van der Waals surface area (Å²) in [6.45, 7) is 0. The maximum atomic E-state index is 11.6. The van der Waals surface area contributed by atoms with Crippen molar-refractivity contribution < 1.29 is 18.3 Å². The third-order valence-electron chi connectivity index (χ3n) is 3.44. The van der Waals surface area contributed by atoms with Gasteiger partial charge in [0.05, 0.1) is 22.5 Å². The number of fused-ring (bicyclic) bond motifs is 1. The van der Waals surface area contributed by atoms with Crippen molar-refractivity contribution >= 4 is 78.4 Å². The Morgan fingerprint density at radius 2 is 1.96 bits per heavy atom. The van der Waals surface area contributed by atoms with Crippen molar-refractivity contribution in [3.8, 4) is 5.75 Å². The lowest BCUT2D eigenvalue weighted by Gasteiger charge is -2.05. The fourth-order valence-electron chi connectivity index (χ4n) is 2.13. The molecule has 0 aliphatic heterocycles. The summed E-state index contributed by atoms with van der Waals surface area (Å²) in [6.07, 6.45) is 1.10. The number of methoxy groups -OCH3 is 1. The predicted molar refractivity (Wildman–Crippen MR) is 108 cm³/mol. The minimum absolute atomic E-state index is 0.0293. The van der Waals surface area contributed by atoms with Gasteiger partial charge < -0.3 is 9.84 Å². The van der Waals surface area contributed by atoms with E-state index in [0.29, 0.717) is 15.9 Å². The molecule has 0 bridgehead atoms. The van der Waals surface area contributed by atoms with Gasteiger partial charge in [0.15, 0.2) is 17.2 Å². The molecule has 0 fully saturated rings. The minimum Gasteiger partial charge on any atom is -0.504 e. The van der Waals surface area contributed by atoms with E-state index in [1.54, 1.807) is 0 Å². The summed E-state index contributed by atoms with van der Waals surface area (Å²) in [5, 5.41) is 23.9. The molecule has 1 aromatic heterocycles. The number of nitrogens with zero attached hydrogens (tertiary/aromatic N) is 4. The number of azo groups is 1. The molecule has 0 amide bonds. The highest BCUT2D eigenvalue weighted by molar-refractivity contribution is 7.89. The van der Waals surface area contributed by atoms with Gasteiger partial charge in [-0.3, -0.25) is 0 Å². The molecule has 146 valence electrons. The molecule has 0 atom stereocenters. The van der Waals surface area contributed by atoms with Crippen molar-refractivity contribution in [1.82, 2.24) is 4.37 Å². The predicted octanol–water partition coefficient (Wildman–Crippen LogP) is 4.68. The molecule has 9 nitrogen and oxygen atoms in total. The molecule has 0 saturated heterocycles. The third-order valence-corrected chi connectivity index (χ3v) is 5.97. The van der Waals surface area contributed by atoms with E-state index < -0.39 is 10.0 Å². The topological polar surface area (TPSA) is 140 Å². The largest absolute Gasteiger partial charge is 0.504 e. The first-order valence-corrected chi connectivity index (χ1v) is 10.4.